The molecule has 0 radical (unpaired) electrons. The molecule has 0 fully saturated rings. The molecule has 0 aliphatic rings. The Labute approximate surface area is 127 Å². The predicted octanol–water partition coefficient (Wildman–Crippen LogP) is 3.62. The average Bonchev–Trinajstić information content (AvgIpc) is 2.99. The Morgan fingerprint density at radius 1 is 1.32 bits per heavy atom. The Morgan fingerprint density at radius 2 is 2.23 bits per heavy atom. The van der Waals surface area contributed by atoms with Crippen LogP contribution in [0.3, 0.4) is 0 Å². The topological polar surface area (TPSA) is 64.4 Å². The van der Waals surface area contributed by atoms with E-state index in [0.717, 1.165) is 16.6 Å². The summed E-state index contributed by atoms with van der Waals surface area (Å²) in [6.45, 7) is 2.71. The summed E-state index contributed by atoms with van der Waals surface area (Å²) in [5.41, 5.74) is 2.66. The number of nitrogens with zero attached hydrogens (tertiary/aromatic N) is 1. The van der Waals surface area contributed by atoms with E-state index in [2.05, 4.69) is 10.3 Å². The van der Waals surface area contributed by atoms with Crippen molar-refractivity contribution >= 4 is 22.6 Å². The van der Waals surface area contributed by atoms with E-state index in [1.807, 2.05) is 30.3 Å². The van der Waals surface area contributed by atoms with Crippen LogP contribution in [0.5, 0.6) is 0 Å². The molecule has 0 amide bonds. The van der Waals surface area contributed by atoms with Gasteiger partial charge in [-0.1, -0.05) is 12.1 Å². The van der Waals surface area contributed by atoms with Gasteiger partial charge in [0.15, 0.2) is 0 Å². The lowest BCUT2D eigenvalue weighted by Gasteiger charge is -2.06. The van der Waals surface area contributed by atoms with Gasteiger partial charge in [0.1, 0.15) is 5.58 Å². The molecule has 2 aromatic heterocycles. The molecule has 5 nitrogen and oxygen atoms in total. The molecular formula is C17H16N2O3. The summed E-state index contributed by atoms with van der Waals surface area (Å²) in [6.07, 6.45) is 3.49. The molecule has 3 rings (SSSR count). The molecule has 1 N–H and O–H groups in total. The van der Waals surface area contributed by atoms with Crippen LogP contribution in [0.15, 0.2) is 53.2 Å². The quantitative estimate of drug-likeness (QED) is 0.728. The summed E-state index contributed by atoms with van der Waals surface area (Å²) in [6, 6.07) is 11.3. The molecule has 0 bridgehead atoms. The third-order valence-corrected chi connectivity index (χ3v) is 3.27. The number of anilines is 1. The maximum atomic E-state index is 11.8. The van der Waals surface area contributed by atoms with Crippen molar-refractivity contribution in [3.05, 3.63) is 60.1 Å². The minimum Gasteiger partial charge on any atom is -0.460 e. The van der Waals surface area contributed by atoms with E-state index < -0.39 is 5.97 Å². The van der Waals surface area contributed by atoms with Gasteiger partial charge in [-0.2, -0.15) is 0 Å². The molecule has 2 heterocycles. The first-order valence-corrected chi connectivity index (χ1v) is 7.10. The molecule has 0 spiro atoms. The van der Waals surface area contributed by atoms with Crippen molar-refractivity contribution in [3.63, 3.8) is 0 Å². The molecule has 0 unspecified atom stereocenters. The molecule has 0 aliphatic heterocycles. The number of rotatable bonds is 5. The molecular weight excluding hydrogens is 280 g/mol. The van der Waals surface area contributed by atoms with E-state index in [4.69, 9.17) is 9.15 Å². The highest BCUT2D eigenvalue weighted by atomic mass is 16.5. The van der Waals surface area contributed by atoms with Crippen molar-refractivity contribution in [1.29, 1.82) is 0 Å². The van der Waals surface area contributed by atoms with Crippen LogP contribution in [0.4, 0.5) is 5.69 Å². The van der Waals surface area contributed by atoms with Crippen molar-refractivity contribution in [2.24, 2.45) is 0 Å². The standard InChI is InChI=1S/C17H16N2O3/c1-2-21-17(20)16-9-14-12(5-3-7-15(14)22-16)10-19-13-6-4-8-18-11-13/h3-9,11,19H,2,10H2,1H3. The van der Waals surface area contributed by atoms with Crippen molar-refractivity contribution in [2.45, 2.75) is 13.5 Å². The second-order valence-corrected chi connectivity index (χ2v) is 4.76. The fraction of sp³-hybridized carbons (Fsp3) is 0.176. The number of benzene rings is 1. The Bertz CT molecular complexity index is 781. The number of pyridine rings is 1. The van der Waals surface area contributed by atoms with E-state index in [1.54, 1.807) is 25.4 Å². The summed E-state index contributed by atoms with van der Waals surface area (Å²) < 4.78 is 10.5. The molecule has 0 saturated heterocycles. The molecule has 0 aliphatic carbocycles. The Balaban J connectivity index is 1.85. The maximum Gasteiger partial charge on any atom is 0.374 e. The van der Waals surface area contributed by atoms with Crippen LogP contribution in [0.25, 0.3) is 11.0 Å². The van der Waals surface area contributed by atoms with Gasteiger partial charge >= 0.3 is 5.97 Å². The summed E-state index contributed by atoms with van der Waals surface area (Å²) in [7, 11) is 0. The highest BCUT2D eigenvalue weighted by Crippen LogP contribution is 2.24. The Kier molecular flexibility index (Phi) is 4.05. The normalized spacial score (nSPS) is 10.6. The van der Waals surface area contributed by atoms with Gasteiger partial charge < -0.3 is 14.5 Å². The number of fused-ring (bicyclic) bond motifs is 1. The molecule has 5 heteroatoms. The van der Waals surface area contributed by atoms with Crippen molar-refractivity contribution < 1.29 is 13.9 Å². The van der Waals surface area contributed by atoms with Gasteiger partial charge in [-0.05, 0) is 36.8 Å². The third kappa shape index (κ3) is 2.93. The summed E-state index contributed by atoms with van der Waals surface area (Å²) in [5.74, 6) is -0.212. The minimum atomic E-state index is -0.440. The lowest BCUT2D eigenvalue weighted by atomic mass is 10.1. The van der Waals surface area contributed by atoms with Crippen molar-refractivity contribution in [3.8, 4) is 0 Å². The lowest BCUT2D eigenvalue weighted by molar-refractivity contribution is 0.0492. The van der Waals surface area contributed by atoms with Crippen LogP contribution in [0.1, 0.15) is 23.0 Å². The van der Waals surface area contributed by atoms with Gasteiger partial charge in [-0.25, -0.2) is 4.79 Å². The minimum absolute atomic E-state index is 0.227. The average molecular weight is 296 g/mol. The van der Waals surface area contributed by atoms with Crippen LogP contribution in [-0.2, 0) is 11.3 Å². The summed E-state index contributed by atoms with van der Waals surface area (Å²) >= 11 is 0. The number of aromatic nitrogens is 1. The molecule has 1 aromatic carbocycles. The number of nitrogens with one attached hydrogen (secondary N) is 1. The first kappa shape index (κ1) is 14.1. The molecule has 0 saturated carbocycles. The van der Waals surface area contributed by atoms with Crippen LogP contribution in [0.2, 0.25) is 0 Å². The highest BCUT2D eigenvalue weighted by molar-refractivity contribution is 5.93. The monoisotopic (exact) mass is 296 g/mol. The zero-order chi connectivity index (χ0) is 15.4. The molecule has 112 valence electrons. The predicted molar refractivity (Wildman–Crippen MR) is 83.7 cm³/mol. The van der Waals surface area contributed by atoms with E-state index in [0.29, 0.717) is 18.7 Å². The number of carbonyl (C=O) groups is 1. The summed E-state index contributed by atoms with van der Waals surface area (Å²) in [4.78, 5) is 15.8. The molecule has 22 heavy (non-hydrogen) atoms. The van der Waals surface area contributed by atoms with Gasteiger partial charge in [0, 0.05) is 24.3 Å². The number of carbonyl (C=O) groups excluding carboxylic acids is 1. The van der Waals surface area contributed by atoms with Crippen LogP contribution in [-0.4, -0.2) is 17.6 Å². The second-order valence-electron chi connectivity index (χ2n) is 4.76. The summed E-state index contributed by atoms with van der Waals surface area (Å²) in [5, 5.41) is 4.20. The zero-order valence-electron chi connectivity index (χ0n) is 12.2. The van der Waals surface area contributed by atoms with Gasteiger partial charge in [-0.3, -0.25) is 4.98 Å². The maximum absolute atomic E-state index is 11.8. The van der Waals surface area contributed by atoms with Crippen molar-refractivity contribution in [2.75, 3.05) is 11.9 Å². The highest BCUT2D eigenvalue weighted by Gasteiger charge is 2.14. The SMILES string of the molecule is CCOC(=O)c1cc2c(CNc3cccnc3)cccc2o1. The van der Waals surface area contributed by atoms with E-state index in [1.165, 1.54) is 0 Å². The largest absolute Gasteiger partial charge is 0.460 e. The van der Waals surface area contributed by atoms with Gasteiger partial charge in [0.05, 0.1) is 12.3 Å². The van der Waals surface area contributed by atoms with Gasteiger partial charge in [-0.15, -0.1) is 0 Å². The number of hydrogen-bond acceptors (Lipinski definition) is 5. The third-order valence-electron chi connectivity index (χ3n) is 3.27. The van der Waals surface area contributed by atoms with E-state index in [-0.39, 0.29) is 5.76 Å². The molecule has 3 aromatic rings. The van der Waals surface area contributed by atoms with Crippen LogP contribution < -0.4 is 5.32 Å². The smallest absolute Gasteiger partial charge is 0.374 e. The van der Waals surface area contributed by atoms with Crippen LogP contribution in [0, 0.1) is 0 Å². The molecule has 0 atom stereocenters. The van der Waals surface area contributed by atoms with Crippen LogP contribution >= 0.6 is 0 Å². The first-order chi connectivity index (χ1) is 10.8. The fourth-order valence-corrected chi connectivity index (χ4v) is 2.24. The van der Waals surface area contributed by atoms with Gasteiger partial charge in [0.25, 0.3) is 0 Å². The number of esters is 1. The number of ether oxygens (including phenoxy) is 1. The zero-order valence-corrected chi connectivity index (χ0v) is 12.2. The Morgan fingerprint density at radius 3 is 3.00 bits per heavy atom. The van der Waals surface area contributed by atoms with Gasteiger partial charge in [0.2, 0.25) is 5.76 Å². The van der Waals surface area contributed by atoms with Crippen molar-refractivity contribution in [1.82, 2.24) is 4.98 Å². The number of hydrogen-bond donors (Lipinski definition) is 1. The Hall–Kier alpha value is -2.82. The first-order valence-electron chi connectivity index (χ1n) is 7.10. The number of furan rings is 1. The van der Waals surface area contributed by atoms with E-state index >= 15 is 0 Å². The lowest BCUT2D eigenvalue weighted by Crippen LogP contribution is -2.02. The van der Waals surface area contributed by atoms with E-state index in [9.17, 15) is 4.79 Å². The second kappa shape index (κ2) is 6.30. The fourth-order valence-electron chi connectivity index (χ4n) is 2.24.